The number of nitriles is 1. The van der Waals surface area contributed by atoms with Crippen LogP contribution in [0.1, 0.15) is 11.1 Å². The molecule has 0 radical (unpaired) electrons. The number of aromatic nitrogens is 2. The van der Waals surface area contributed by atoms with Crippen molar-refractivity contribution in [2.75, 3.05) is 11.5 Å². The molecule has 0 atom stereocenters. The number of aryl methyl sites for hydroxylation is 1. The fourth-order valence-electron chi connectivity index (χ4n) is 1.70. The van der Waals surface area contributed by atoms with Gasteiger partial charge in [0.25, 0.3) is 0 Å². The van der Waals surface area contributed by atoms with E-state index in [9.17, 15) is 5.26 Å². The number of benzene rings is 1. The molecule has 96 valence electrons. The average Bonchev–Trinajstić information content (AvgIpc) is 2.33. The fourth-order valence-corrected chi connectivity index (χ4v) is 2.47. The van der Waals surface area contributed by atoms with E-state index in [2.05, 4.69) is 25.9 Å². The van der Waals surface area contributed by atoms with Crippen molar-refractivity contribution in [1.29, 1.82) is 5.26 Å². The van der Waals surface area contributed by atoms with E-state index in [1.54, 1.807) is 0 Å². The van der Waals surface area contributed by atoms with Gasteiger partial charge in [-0.05, 0) is 40.5 Å². The monoisotopic (exact) mass is 337 g/mol. The van der Waals surface area contributed by atoms with Crippen LogP contribution in [0.2, 0.25) is 5.02 Å². The van der Waals surface area contributed by atoms with Crippen LogP contribution in [0, 0.1) is 18.3 Å². The number of nitrogen functional groups attached to an aromatic ring is 2. The van der Waals surface area contributed by atoms with Crippen molar-refractivity contribution in [3.8, 4) is 17.3 Å². The van der Waals surface area contributed by atoms with E-state index >= 15 is 0 Å². The molecular formula is C12H9BrClN5. The molecule has 0 spiro atoms. The summed E-state index contributed by atoms with van der Waals surface area (Å²) in [5.41, 5.74) is 13.3. The Morgan fingerprint density at radius 2 is 2.00 bits per heavy atom. The van der Waals surface area contributed by atoms with Gasteiger partial charge in [-0.25, -0.2) is 4.98 Å². The molecule has 0 saturated carbocycles. The summed E-state index contributed by atoms with van der Waals surface area (Å²) in [6.45, 7) is 1.91. The predicted octanol–water partition coefficient (Wildman–Crippen LogP) is 2.90. The first-order valence-electron chi connectivity index (χ1n) is 5.23. The van der Waals surface area contributed by atoms with E-state index in [-0.39, 0.29) is 17.3 Å². The Hall–Kier alpha value is -1.84. The summed E-state index contributed by atoms with van der Waals surface area (Å²) in [6.07, 6.45) is 0. The van der Waals surface area contributed by atoms with Gasteiger partial charge in [0, 0.05) is 10.0 Å². The van der Waals surface area contributed by atoms with Crippen molar-refractivity contribution in [1.82, 2.24) is 9.97 Å². The smallest absolute Gasteiger partial charge is 0.222 e. The third kappa shape index (κ3) is 2.48. The van der Waals surface area contributed by atoms with Crippen molar-refractivity contribution in [3.05, 3.63) is 32.8 Å². The summed E-state index contributed by atoms with van der Waals surface area (Å²) >= 11 is 9.59. The van der Waals surface area contributed by atoms with Gasteiger partial charge in [0.15, 0.2) is 0 Å². The quantitative estimate of drug-likeness (QED) is 0.832. The SMILES string of the molecule is Cc1cc(Br)c(Cl)c(-c2nc(N)nc(N)c2C#N)c1. The molecule has 0 amide bonds. The maximum Gasteiger partial charge on any atom is 0.222 e. The summed E-state index contributed by atoms with van der Waals surface area (Å²) < 4.78 is 0.712. The molecule has 1 aromatic carbocycles. The van der Waals surface area contributed by atoms with Crippen LogP contribution in [0.25, 0.3) is 11.3 Å². The van der Waals surface area contributed by atoms with Crippen LogP contribution < -0.4 is 11.5 Å². The van der Waals surface area contributed by atoms with Crippen molar-refractivity contribution in [2.24, 2.45) is 0 Å². The number of hydrogen-bond donors (Lipinski definition) is 2. The molecule has 0 aliphatic carbocycles. The summed E-state index contributed by atoms with van der Waals surface area (Å²) in [5.74, 6) is 0.0406. The van der Waals surface area contributed by atoms with Crippen molar-refractivity contribution < 1.29 is 0 Å². The van der Waals surface area contributed by atoms with Gasteiger partial charge in [-0.1, -0.05) is 11.6 Å². The minimum absolute atomic E-state index is 0.000181. The minimum atomic E-state index is 0.000181. The second kappa shape index (κ2) is 5.03. The number of nitrogens with zero attached hydrogens (tertiary/aromatic N) is 3. The van der Waals surface area contributed by atoms with Gasteiger partial charge >= 0.3 is 0 Å². The van der Waals surface area contributed by atoms with Crippen molar-refractivity contribution in [3.63, 3.8) is 0 Å². The summed E-state index contributed by atoms with van der Waals surface area (Å²) in [7, 11) is 0. The first-order chi connectivity index (χ1) is 8.93. The van der Waals surface area contributed by atoms with E-state index in [0.29, 0.717) is 20.8 Å². The molecule has 1 heterocycles. The molecule has 4 N–H and O–H groups in total. The van der Waals surface area contributed by atoms with Crippen LogP contribution in [-0.2, 0) is 0 Å². The second-order valence-corrected chi connectivity index (χ2v) is 5.14. The molecule has 0 saturated heterocycles. The van der Waals surface area contributed by atoms with Crippen LogP contribution in [-0.4, -0.2) is 9.97 Å². The Morgan fingerprint density at radius 1 is 1.32 bits per heavy atom. The van der Waals surface area contributed by atoms with Gasteiger partial charge in [-0.3, -0.25) is 0 Å². The molecule has 0 fully saturated rings. The Kier molecular flexibility index (Phi) is 3.60. The Morgan fingerprint density at radius 3 is 2.63 bits per heavy atom. The molecule has 0 aliphatic heterocycles. The Bertz CT molecular complexity index is 708. The normalized spacial score (nSPS) is 10.2. The number of halogens is 2. The first kappa shape index (κ1) is 13.6. The van der Waals surface area contributed by atoms with Gasteiger partial charge in [-0.2, -0.15) is 10.2 Å². The van der Waals surface area contributed by atoms with Gasteiger partial charge in [0.1, 0.15) is 17.5 Å². The maximum atomic E-state index is 9.18. The highest BCUT2D eigenvalue weighted by Crippen LogP contribution is 2.36. The largest absolute Gasteiger partial charge is 0.382 e. The third-order valence-electron chi connectivity index (χ3n) is 2.49. The lowest BCUT2D eigenvalue weighted by molar-refractivity contribution is 1.18. The molecule has 2 rings (SSSR count). The molecule has 19 heavy (non-hydrogen) atoms. The van der Waals surface area contributed by atoms with E-state index in [4.69, 9.17) is 23.1 Å². The van der Waals surface area contributed by atoms with Gasteiger partial charge < -0.3 is 11.5 Å². The van der Waals surface area contributed by atoms with E-state index in [0.717, 1.165) is 5.56 Å². The molecule has 5 nitrogen and oxygen atoms in total. The highest BCUT2D eigenvalue weighted by atomic mass is 79.9. The number of anilines is 2. The number of rotatable bonds is 1. The van der Waals surface area contributed by atoms with Crippen LogP contribution in [0.5, 0.6) is 0 Å². The van der Waals surface area contributed by atoms with E-state index in [1.807, 2.05) is 25.1 Å². The summed E-state index contributed by atoms with van der Waals surface area (Å²) in [6, 6.07) is 5.66. The van der Waals surface area contributed by atoms with Gasteiger partial charge in [0.05, 0.1) is 10.7 Å². The molecule has 1 aromatic heterocycles. The lowest BCUT2D eigenvalue weighted by Gasteiger charge is -2.10. The average molecular weight is 339 g/mol. The zero-order chi connectivity index (χ0) is 14.2. The van der Waals surface area contributed by atoms with Crippen LogP contribution in [0.4, 0.5) is 11.8 Å². The maximum absolute atomic E-state index is 9.18. The Labute approximate surface area is 123 Å². The second-order valence-electron chi connectivity index (χ2n) is 3.91. The highest BCUT2D eigenvalue weighted by molar-refractivity contribution is 9.10. The molecule has 0 aliphatic rings. The summed E-state index contributed by atoms with van der Waals surface area (Å²) in [5, 5.41) is 9.62. The van der Waals surface area contributed by atoms with Crippen molar-refractivity contribution >= 4 is 39.3 Å². The number of hydrogen-bond acceptors (Lipinski definition) is 5. The third-order valence-corrected chi connectivity index (χ3v) is 3.75. The van der Waals surface area contributed by atoms with Crippen LogP contribution >= 0.6 is 27.5 Å². The lowest BCUT2D eigenvalue weighted by Crippen LogP contribution is -2.05. The zero-order valence-electron chi connectivity index (χ0n) is 9.91. The highest BCUT2D eigenvalue weighted by Gasteiger charge is 2.17. The van der Waals surface area contributed by atoms with Gasteiger partial charge in [-0.15, -0.1) is 0 Å². The minimum Gasteiger partial charge on any atom is -0.382 e. The van der Waals surface area contributed by atoms with E-state index in [1.165, 1.54) is 0 Å². The van der Waals surface area contributed by atoms with E-state index < -0.39 is 0 Å². The lowest BCUT2D eigenvalue weighted by atomic mass is 10.0. The molecule has 7 heteroatoms. The molecule has 0 bridgehead atoms. The first-order valence-corrected chi connectivity index (χ1v) is 6.40. The van der Waals surface area contributed by atoms with Crippen LogP contribution in [0.3, 0.4) is 0 Å². The molecule has 0 unspecified atom stereocenters. The standard InChI is InChI=1S/C12H9BrClN5/c1-5-2-6(9(14)8(13)3-5)10-7(4-15)11(16)19-12(17)18-10/h2-3H,1H3,(H4,16,17,18,19). The Balaban J connectivity index is 2.83. The topological polar surface area (TPSA) is 102 Å². The zero-order valence-corrected chi connectivity index (χ0v) is 12.2. The van der Waals surface area contributed by atoms with Crippen molar-refractivity contribution in [2.45, 2.75) is 6.92 Å². The predicted molar refractivity (Wildman–Crippen MR) is 78.5 cm³/mol. The number of nitrogens with two attached hydrogens (primary N) is 2. The van der Waals surface area contributed by atoms with Crippen LogP contribution in [0.15, 0.2) is 16.6 Å². The molecular weight excluding hydrogens is 330 g/mol. The van der Waals surface area contributed by atoms with Gasteiger partial charge in [0.2, 0.25) is 5.95 Å². The molecule has 2 aromatic rings. The fraction of sp³-hybridized carbons (Fsp3) is 0.0833. The summed E-state index contributed by atoms with van der Waals surface area (Å²) in [4.78, 5) is 7.85.